The first-order chi connectivity index (χ1) is 12.7. The molecule has 1 aromatic heterocycles. The van der Waals surface area contributed by atoms with Gasteiger partial charge >= 0.3 is 0 Å². The number of ether oxygens (including phenoxy) is 2. The summed E-state index contributed by atoms with van der Waals surface area (Å²) in [5.74, 6) is 1.45. The molecule has 0 bridgehead atoms. The number of nitrogens with zero attached hydrogens (tertiary/aromatic N) is 3. The molecule has 0 radical (unpaired) electrons. The molecule has 1 amide bonds. The second-order valence-corrected chi connectivity index (χ2v) is 6.23. The Labute approximate surface area is 154 Å². The topological polar surface area (TPSA) is 54.9 Å². The summed E-state index contributed by atoms with van der Waals surface area (Å²) in [5.41, 5.74) is 1.86. The van der Waals surface area contributed by atoms with Gasteiger partial charge in [-0.25, -0.2) is 4.98 Å². The van der Waals surface area contributed by atoms with Crippen molar-refractivity contribution in [2.24, 2.45) is 0 Å². The molecular formula is C20H25N3O3. The van der Waals surface area contributed by atoms with Crippen LogP contribution in [-0.2, 0) is 6.54 Å². The van der Waals surface area contributed by atoms with E-state index in [1.807, 2.05) is 24.0 Å². The highest BCUT2D eigenvalue weighted by molar-refractivity contribution is 5.94. The van der Waals surface area contributed by atoms with Crippen LogP contribution in [0.4, 0.5) is 0 Å². The fraction of sp³-hybridized carbons (Fsp3) is 0.400. The third-order valence-corrected chi connectivity index (χ3v) is 4.50. The van der Waals surface area contributed by atoms with Crippen molar-refractivity contribution in [3.63, 3.8) is 0 Å². The van der Waals surface area contributed by atoms with E-state index in [0.717, 1.165) is 38.5 Å². The molecule has 0 unspecified atom stereocenters. The Morgan fingerprint density at radius 2 is 1.81 bits per heavy atom. The number of hydrogen-bond donors (Lipinski definition) is 0. The van der Waals surface area contributed by atoms with Gasteiger partial charge in [-0.2, -0.15) is 0 Å². The lowest BCUT2D eigenvalue weighted by Crippen LogP contribution is -2.48. The number of aromatic nitrogens is 1. The van der Waals surface area contributed by atoms with Crippen molar-refractivity contribution in [2.45, 2.75) is 13.5 Å². The van der Waals surface area contributed by atoms with Gasteiger partial charge in [-0.1, -0.05) is 12.1 Å². The van der Waals surface area contributed by atoms with Gasteiger partial charge in [0.2, 0.25) is 5.88 Å². The largest absolute Gasteiger partial charge is 0.497 e. The van der Waals surface area contributed by atoms with E-state index in [1.165, 1.54) is 5.56 Å². The van der Waals surface area contributed by atoms with Gasteiger partial charge in [-0.3, -0.25) is 9.69 Å². The monoisotopic (exact) mass is 355 g/mol. The molecule has 1 aromatic carbocycles. The summed E-state index contributed by atoms with van der Waals surface area (Å²) in [6.07, 6.45) is 1.59. The van der Waals surface area contributed by atoms with Crippen molar-refractivity contribution in [1.29, 1.82) is 0 Å². The van der Waals surface area contributed by atoms with Gasteiger partial charge in [0.05, 0.1) is 19.3 Å². The van der Waals surface area contributed by atoms with Gasteiger partial charge in [0.25, 0.3) is 5.91 Å². The highest BCUT2D eigenvalue weighted by Gasteiger charge is 2.22. The summed E-state index contributed by atoms with van der Waals surface area (Å²) in [7, 11) is 1.67. The Balaban J connectivity index is 1.51. The first-order valence-corrected chi connectivity index (χ1v) is 8.93. The summed E-state index contributed by atoms with van der Waals surface area (Å²) >= 11 is 0. The number of methoxy groups -OCH3 is 1. The minimum atomic E-state index is 0.0321. The lowest BCUT2D eigenvalue weighted by Gasteiger charge is -2.34. The fourth-order valence-corrected chi connectivity index (χ4v) is 3.02. The van der Waals surface area contributed by atoms with E-state index < -0.39 is 0 Å². The Kier molecular flexibility index (Phi) is 6.07. The molecule has 138 valence electrons. The van der Waals surface area contributed by atoms with Gasteiger partial charge in [0, 0.05) is 45.0 Å². The summed E-state index contributed by atoms with van der Waals surface area (Å²) < 4.78 is 10.5. The number of rotatable bonds is 6. The van der Waals surface area contributed by atoms with Crippen LogP contribution in [-0.4, -0.2) is 60.6 Å². The summed E-state index contributed by atoms with van der Waals surface area (Å²) in [6, 6.07) is 11.7. The van der Waals surface area contributed by atoms with Crippen LogP contribution in [0.2, 0.25) is 0 Å². The van der Waals surface area contributed by atoms with Crippen LogP contribution in [0.1, 0.15) is 22.8 Å². The molecule has 0 aliphatic carbocycles. The molecule has 1 aliphatic rings. The highest BCUT2D eigenvalue weighted by atomic mass is 16.5. The zero-order chi connectivity index (χ0) is 18.4. The summed E-state index contributed by atoms with van der Waals surface area (Å²) in [5, 5.41) is 0. The predicted molar refractivity (Wildman–Crippen MR) is 99.6 cm³/mol. The van der Waals surface area contributed by atoms with Crippen LogP contribution in [0.3, 0.4) is 0 Å². The third-order valence-electron chi connectivity index (χ3n) is 4.50. The fourth-order valence-electron chi connectivity index (χ4n) is 3.02. The molecule has 2 aromatic rings. The second kappa shape index (κ2) is 8.67. The summed E-state index contributed by atoms with van der Waals surface area (Å²) in [4.78, 5) is 21.0. The molecule has 6 nitrogen and oxygen atoms in total. The van der Waals surface area contributed by atoms with Gasteiger partial charge in [0.15, 0.2) is 0 Å². The molecule has 2 heterocycles. The molecule has 3 rings (SSSR count). The molecular weight excluding hydrogens is 330 g/mol. The number of piperazine rings is 1. The third kappa shape index (κ3) is 4.52. The molecule has 0 spiro atoms. The quantitative estimate of drug-likeness (QED) is 0.797. The molecule has 0 saturated carbocycles. The Morgan fingerprint density at radius 1 is 1.08 bits per heavy atom. The van der Waals surface area contributed by atoms with Crippen LogP contribution in [0.15, 0.2) is 42.6 Å². The average molecular weight is 355 g/mol. The number of amides is 1. The van der Waals surface area contributed by atoms with Crippen molar-refractivity contribution in [2.75, 3.05) is 39.9 Å². The minimum absolute atomic E-state index is 0.0321. The average Bonchev–Trinajstić information content (AvgIpc) is 2.69. The van der Waals surface area contributed by atoms with Crippen molar-refractivity contribution in [3.05, 3.63) is 53.7 Å². The van der Waals surface area contributed by atoms with Crippen molar-refractivity contribution >= 4 is 5.91 Å². The van der Waals surface area contributed by atoms with E-state index in [2.05, 4.69) is 22.0 Å². The Hall–Kier alpha value is -2.60. The van der Waals surface area contributed by atoms with Crippen molar-refractivity contribution in [1.82, 2.24) is 14.8 Å². The van der Waals surface area contributed by atoms with Crippen LogP contribution in [0, 0.1) is 0 Å². The highest BCUT2D eigenvalue weighted by Crippen LogP contribution is 2.15. The van der Waals surface area contributed by atoms with E-state index >= 15 is 0 Å². The minimum Gasteiger partial charge on any atom is -0.497 e. The van der Waals surface area contributed by atoms with E-state index in [-0.39, 0.29) is 5.91 Å². The van der Waals surface area contributed by atoms with Crippen molar-refractivity contribution < 1.29 is 14.3 Å². The normalized spacial score (nSPS) is 14.9. The molecule has 0 N–H and O–H groups in total. The lowest BCUT2D eigenvalue weighted by molar-refractivity contribution is 0.0628. The summed E-state index contributed by atoms with van der Waals surface area (Å²) in [6.45, 7) is 6.54. The molecule has 1 aliphatic heterocycles. The number of hydrogen-bond acceptors (Lipinski definition) is 5. The first-order valence-electron chi connectivity index (χ1n) is 8.93. The smallest absolute Gasteiger partial charge is 0.255 e. The van der Waals surface area contributed by atoms with Gasteiger partial charge in [-0.05, 0) is 30.7 Å². The first kappa shape index (κ1) is 18.2. The number of pyridine rings is 1. The standard InChI is InChI=1S/C20H25N3O3/c1-3-26-19-9-6-17(14-21-19)20(24)23-12-10-22(11-13-23)15-16-4-7-18(25-2)8-5-16/h4-9,14H,3,10-13,15H2,1-2H3. The van der Waals surface area contributed by atoms with Crippen LogP contribution >= 0.6 is 0 Å². The van der Waals surface area contributed by atoms with Crippen LogP contribution in [0.5, 0.6) is 11.6 Å². The van der Waals surface area contributed by atoms with Crippen LogP contribution < -0.4 is 9.47 Å². The zero-order valence-electron chi connectivity index (χ0n) is 15.4. The predicted octanol–water partition coefficient (Wildman–Crippen LogP) is 2.45. The number of carbonyl (C=O) groups excluding carboxylic acids is 1. The molecule has 1 fully saturated rings. The number of benzene rings is 1. The van der Waals surface area contributed by atoms with Gasteiger partial charge in [-0.15, -0.1) is 0 Å². The maximum atomic E-state index is 12.6. The zero-order valence-corrected chi connectivity index (χ0v) is 15.4. The van der Waals surface area contributed by atoms with E-state index in [9.17, 15) is 4.79 Å². The molecule has 0 atom stereocenters. The lowest BCUT2D eigenvalue weighted by atomic mass is 10.1. The van der Waals surface area contributed by atoms with Gasteiger partial charge in [0.1, 0.15) is 5.75 Å². The van der Waals surface area contributed by atoms with Crippen LogP contribution in [0.25, 0.3) is 0 Å². The molecule has 1 saturated heterocycles. The maximum Gasteiger partial charge on any atom is 0.255 e. The van der Waals surface area contributed by atoms with E-state index in [4.69, 9.17) is 9.47 Å². The van der Waals surface area contributed by atoms with Crippen molar-refractivity contribution in [3.8, 4) is 11.6 Å². The Morgan fingerprint density at radius 3 is 2.38 bits per heavy atom. The molecule has 6 heteroatoms. The number of carbonyl (C=O) groups is 1. The SMILES string of the molecule is CCOc1ccc(C(=O)N2CCN(Cc3ccc(OC)cc3)CC2)cn1. The van der Waals surface area contributed by atoms with E-state index in [1.54, 1.807) is 25.4 Å². The van der Waals surface area contributed by atoms with Gasteiger partial charge < -0.3 is 14.4 Å². The molecule has 26 heavy (non-hydrogen) atoms. The Bertz CT molecular complexity index is 708. The maximum absolute atomic E-state index is 12.6. The van der Waals surface area contributed by atoms with E-state index in [0.29, 0.717) is 18.1 Å². The second-order valence-electron chi connectivity index (χ2n) is 6.23.